The van der Waals surface area contributed by atoms with Gasteiger partial charge in [-0.1, -0.05) is 12.1 Å². The average Bonchev–Trinajstić information content (AvgIpc) is 2.65. The van der Waals surface area contributed by atoms with Gasteiger partial charge in [0.1, 0.15) is 19.0 Å². The van der Waals surface area contributed by atoms with Crippen LogP contribution in [0.15, 0.2) is 47.3 Å². The first-order chi connectivity index (χ1) is 12.6. The van der Waals surface area contributed by atoms with Crippen molar-refractivity contribution >= 4 is 16.9 Å². The van der Waals surface area contributed by atoms with Crippen molar-refractivity contribution in [2.24, 2.45) is 0 Å². The Morgan fingerprint density at radius 1 is 1.12 bits per heavy atom. The SMILES string of the molecule is COc1cc(-c2nc3ccccc3c(=O)[nH]2)ccc1OCCOC(C)=O. The van der Waals surface area contributed by atoms with Crippen molar-refractivity contribution in [2.45, 2.75) is 6.92 Å². The van der Waals surface area contributed by atoms with E-state index in [1.165, 1.54) is 14.0 Å². The van der Waals surface area contributed by atoms with Gasteiger partial charge >= 0.3 is 5.97 Å². The number of esters is 1. The Hall–Kier alpha value is -3.35. The van der Waals surface area contributed by atoms with Gasteiger partial charge in [0.15, 0.2) is 11.5 Å². The van der Waals surface area contributed by atoms with Crippen molar-refractivity contribution < 1.29 is 19.0 Å². The molecule has 0 bridgehead atoms. The van der Waals surface area contributed by atoms with Crippen molar-refractivity contribution in [1.29, 1.82) is 0 Å². The van der Waals surface area contributed by atoms with Crippen LogP contribution in [0.25, 0.3) is 22.3 Å². The molecule has 0 saturated carbocycles. The van der Waals surface area contributed by atoms with E-state index in [1.54, 1.807) is 36.4 Å². The van der Waals surface area contributed by atoms with E-state index in [0.29, 0.717) is 33.8 Å². The predicted octanol–water partition coefficient (Wildman–Crippen LogP) is 2.54. The first kappa shape index (κ1) is 17.5. The van der Waals surface area contributed by atoms with Gasteiger partial charge in [-0.15, -0.1) is 0 Å². The van der Waals surface area contributed by atoms with E-state index < -0.39 is 0 Å². The van der Waals surface area contributed by atoms with Gasteiger partial charge in [0, 0.05) is 12.5 Å². The number of H-pyrrole nitrogens is 1. The van der Waals surface area contributed by atoms with E-state index in [9.17, 15) is 9.59 Å². The number of carbonyl (C=O) groups excluding carboxylic acids is 1. The van der Waals surface area contributed by atoms with E-state index in [-0.39, 0.29) is 24.7 Å². The van der Waals surface area contributed by atoms with E-state index >= 15 is 0 Å². The van der Waals surface area contributed by atoms with Crippen LogP contribution in [-0.4, -0.2) is 36.3 Å². The lowest BCUT2D eigenvalue weighted by Gasteiger charge is -2.12. The minimum atomic E-state index is -0.359. The monoisotopic (exact) mass is 354 g/mol. The molecule has 134 valence electrons. The number of benzene rings is 2. The summed E-state index contributed by atoms with van der Waals surface area (Å²) < 4.78 is 15.7. The topological polar surface area (TPSA) is 90.5 Å². The largest absolute Gasteiger partial charge is 0.493 e. The molecule has 1 N–H and O–H groups in total. The molecule has 26 heavy (non-hydrogen) atoms. The highest BCUT2D eigenvalue weighted by Crippen LogP contribution is 2.31. The molecule has 0 aliphatic heterocycles. The Labute approximate surface area is 149 Å². The molecule has 1 heterocycles. The summed E-state index contributed by atoms with van der Waals surface area (Å²) in [5.74, 6) is 1.08. The Bertz CT molecular complexity index is 997. The number of rotatable bonds is 6. The van der Waals surface area contributed by atoms with Gasteiger partial charge in [0.2, 0.25) is 0 Å². The summed E-state index contributed by atoms with van der Waals surface area (Å²) >= 11 is 0. The average molecular weight is 354 g/mol. The van der Waals surface area contributed by atoms with Gasteiger partial charge in [-0.05, 0) is 30.3 Å². The quantitative estimate of drug-likeness (QED) is 0.540. The zero-order valence-corrected chi connectivity index (χ0v) is 14.4. The third-order valence-corrected chi connectivity index (χ3v) is 3.70. The number of nitrogens with zero attached hydrogens (tertiary/aromatic N) is 1. The van der Waals surface area contributed by atoms with Gasteiger partial charge in [-0.3, -0.25) is 9.59 Å². The number of aromatic amines is 1. The summed E-state index contributed by atoms with van der Waals surface area (Å²) in [5.41, 5.74) is 1.11. The van der Waals surface area contributed by atoms with Crippen LogP contribution < -0.4 is 15.0 Å². The van der Waals surface area contributed by atoms with Gasteiger partial charge in [0.25, 0.3) is 5.56 Å². The van der Waals surface area contributed by atoms with E-state index in [2.05, 4.69) is 9.97 Å². The summed E-state index contributed by atoms with van der Waals surface area (Å²) in [6.45, 7) is 1.70. The number of nitrogens with one attached hydrogen (secondary N) is 1. The van der Waals surface area contributed by atoms with Crippen LogP contribution in [-0.2, 0) is 9.53 Å². The number of ether oxygens (including phenoxy) is 3. The zero-order valence-electron chi connectivity index (χ0n) is 14.4. The van der Waals surface area contributed by atoms with Crippen LogP contribution in [0.4, 0.5) is 0 Å². The fourth-order valence-corrected chi connectivity index (χ4v) is 2.49. The molecule has 1 aromatic heterocycles. The molecule has 0 aliphatic carbocycles. The Morgan fingerprint density at radius 3 is 2.69 bits per heavy atom. The molecule has 7 heteroatoms. The summed E-state index contributed by atoms with van der Waals surface area (Å²) in [7, 11) is 1.52. The number of para-hydroxylation sites is 1. The third-order valence-electron chi connectivity index (χ3n) is 3.70. The maximum absolute atomic E-state index is 12.2. The highest BCUT2D eigenvalue weighted by atomic mass is 16.6. The number of aromatic nitrogens is 2. The molecular formula is C19H18N2O5. The molecule has 0 radical (unpaired) electrons. The maximum atomic E-state index is 12.2. The molecule has 7 nitrogen and oxygen atoms in total. The normalized spacial score (nSPS) is 10.5. The van der Waals surface area contributed by atoms with Crippen LogP contribution in [0.1, 0.15) is 6.92 Å². The number of methoxy groups -OCH3 is 1. The van der Waals surface area contributed by atoms with Gasteiger partial charge in [-0.25, -0.2) is 4.98 Å². The Kier molecular flexibility index (Phi) is 5.17. The molecule has 0 fully saturated rings. The Morgan fingerprint density at radius 2 is 1.92 bits per heavy atom. The first-order valence-electron chi connectivity index (χ1n) is 8.02. The highest BCUT2D eigenvalue weighted by molar-refractivity contribution is 5.79. The summed E-state index contributed by atoms with van der Waals surface area (Å²) in [6.07, 6.45) is 0. The molecule has 2 aromatic carbocycles. The Balaban J connectivity index is 1.87. The first-order valence-corrected chi connectivity index (χ1v) is 8.02. The van der Waals surface area contributed by atoms with Crippen LogP contribution in [0, 0.1) is 0 Å². The number of fused-ring (bicyclic) bond motifs is 1. The highest BCUT2D eigenvalue weighted by Gasteiger charge is 2.10. The molecule has 0 atom stereocenters. The smallest absolute Gasteiger partial charge is 0.302 e. The second-order valence-corrected chi connectivity index (χ2v) is 5.49. The molecule has 0 saturated heterocycles. The van der Waals surface area contributed by atoms with Gasteiger partial charge in [0.05, 0.1) is 18.0 Å². The lowest BCUT2D eigenvalue weighted by Crippen LogP contribution is -2.10. The fraction of sp³-hybridized carbons (Fsp3) is 0.211. The second kappa shape index (κ2) is 7.69. The molecule has 0 aliphatic rings. The number of carbonyl (C=O) groups is 1. The van der Waals surface area contributed by atoms with Gasteiger partial charge in [-0.2, -0.15) is 0 Å². The summed E-state index contributed by atoms with van der Waals surface area (Å²) in [4.78, 5) is 30.3. The van der Waals surface area contributed by atoms with E-state index in [0.717, 1.165) is 0 Å². The molecule has 3 aromatic rings. The standard InChI is InChI=1S/C19H18N2O5/c1-12(22)25-9-10-26-16-8-7-13(11-17(16)24-2)18-20-15-6-4-3-5-14(15)19(23)21-18/h3-8,11H,9-10H2,1-2H3,(H,20,21,23). The lowest BCUT2D eigenvalue weighted by atomic mass is 10.1. The summed E-state index contributed by atoms with van der Waals surface area (Å²) in [5, 5.41) is 0.536. The minimum Gasteiger partial charge on any atom is -0.493 e. The molecule has 0 spiro atoms. The second-order valence-electron chi connectivity index (χ2n) is 5.49. The summed E-state index contributed by atoms with van der Waals surface area (Å²) in [6, 6.07) is 12.4. The lowest BCUT2D eigenvalue weighted by molar-refractivity contribution is -0.141. The van der Waals surface area contributed by atoms with Crippen LogP contribution >= 0.6 is 0 Å². The minimum absolute atomic E-state index is 0.153. The maximum Gasteiger partial charge on any atom is 0.302 e. The van der Waals surface area contributed by atoms with Crippen molar-refractivity contribution in [3.8, 4) is 22.9 Å². The number of hydrogen-bond donors (Lipinski definition) is 1. The van der Waals surface area contributed by atoms with Crippen LogP contribution in [0.5, 0.6) is 11.5 Å². The van der Waals surface area contributed by atoms with E-state index in [4.69, 9.17) is 14.2 Å². The molecular weight excluding hydrogens is 336 g/mol. The number of hydrogen-bond acceptors (Lipinski definition) is 6. The molecule has 0 unspecified atom stereocenters. The predicted molar refractivity (Wildman–Crippen MR) is 96.5 cm³/mol. The van der Waals surface area contributed by atoms with Crippen LogP contribution in [0.2, 0.25) is 0 Å². The van der Waals surface area contributed by atoms with Crippen molar-refractivity contribution in [2.75, 3.05) is 20.3 Å². The van der Waals surface area contributed by atoms with Crippen LogP contribution in [0.3, 0.4) is 0 Å². The third kappa shape index (κ3) is 3.83. The van der Waals surface area contributed by atoms with Crippen molar-refractivity contribution in [3.05, 3.63) is 52.8 Å². The van der Waals surface area contributed by atoms with Crippen molar-refractivity contribution in [1.82, 2.24) is 9.97 Å². The fourth-order valence-electron chi connectivity index (χ4n) is 2.49. The zero-order chi connectivity index (χ0) is 18.5. The van der Waals surface area contributed by atoms with Gasteiger partial charge < -0.3 is 19.2 Å². The molecule has 3 rings (SSSR count). The van der Waals surface area contributed by atoms with E-state index in [1.807, 2.05) is 6.07 Å². The molecule has 0 amide bonds. The van der Waals surface area contributed by atoms with Crippen molar-refractivity contribution in [3.63, 3.8) is 0 Å².